The lowest BCUT2D eigenvalue weighted by molar-refractivity contribution is 0.0845. The van der Waals surface area contributed by atoms with Crippen molar-refractivity contribution in [2.75, 3.05) is 31.6 Å². The Bertz CT molecular complexity index is 414. The number of likely N-dealkylation sites (N-methyl/N-ethyl adjacent to an activating group) is 1. The van der Waals surface area contributed by atoms with Crippen LogP contribution in [0.1, 0.15) is 19.4 Å². The zero-order valence-electron chi connectivity index (χ0n) is 12.0. The van der Waals surface area contributed by atoms with Gasteiger partial charge < -0.3 is 10.6 Å². The van der Waals surface area contributed by atoms with E-state index in [-0.39, 0.29) is 5.54 Å². The Hall–Kier alpha value is -1.06. The van der Waals surface area contributed by atoms with Gasteiger partial charge in [-0.1, -0.05) is 12.1 Å². The highest BCUT2D eigenvalue weighted by Gasteiger charge is 2.36. The van der Waals surface area contributed by atoms with Crippen LogP contribution in [0.25, 0.3) is 0 Å². The molecule has 0 radical (unpaired) electrons. The molecular weight excluding hydrogens is 222 g/mol. The van der Waals surface area contributed by atoms with Crippen LogP contribution in [-0.2, 0) is 0 Å². The van der Waals surface area contributed by atoms with Crippen LogP contribution in [0.2, 0.25) is 0 Å². The molecule has 0 spiro atoms. The maximum absolute atomic E-state index is 5.92. The molecule has 0 aliphatic carbocycles. The summed E-state index contributed by atoms with van der Waals surface area (Å²) < 4.78 is 0. The molecule has 1 aromatic carbocycles. The zero-order valence-corrected chi connectivity index (χ0v) is 12.0. The van der Waals surface area contributed by atoms with E-state index < -0.39 is 0 Å². The molecule has 1 fully saturated rings. The third kappa shape index (κ3) is 2.52. The normalized spacial score (nSPS) is 24.3. The summed E-state index contributed by atoms with van der Waals surface area (Å²) in [5, 5.41) is 0. The minimum Gasteiger partial charge on any atom is -0.368 e. The SMILES string of the molecule is Cc1cccc(N2CC(CN)N(C)C(C)(C)C2)c1. The van der Waals surface area contributed by atoms with Gasteiger partial charge in [0.15, 0.2) is 0 Å². The van der Waals surface area contributed by atoms with Gasteiger partial charge in [-0.25, -0.2) is 0 Å². The van der Waals surface area contributed by atoms with Crippen molar-refractivity contribution in [2.45, 2.75) is 32.4 Å². The van der Waals surface area contributed by atoms with E-state index >= 15 is 0 Å². The highest BCUT2D eigenvalue weighted by atomic mass is 15.3. The molecule has 1 atom stereocenters. The fourth-order valence-corrected chi connectivity index (χ4v) is 2.77. The third-order valence-corrected chi connectivity index (χ3v) is 4.15. The number of nitrogens with zero attached hydrogens (tertiary/aromatic N) is 2. The van der Waals surface area contributed by atoms with E-state index in [9.17, 15) is 0 Å². The van der Waals surface area contributed by atoms with Crippen molar-refractivity contribution in [3.05, 3.63) is 29.8 Å². The number of hydrogen-bond donors (Lipinski definition) is 1. The van der Waals surface area contributed by atoms with Crippen LogP contribution in [0.4, 0.5) is 5.69 Å². The highest BCUT2D eigenvalue weighted by Crippen LogP contribution is 2.27. The average Bonchev–Trinajstić information content (AvgIpc) is 2.32. The molecule has 2 N–H and O–H groups in total. The van der Waals surface area contributed by atoms with Gasteiger partial charge in [0.25, 0.3) is 0 Å². The molecular formula is C15H25N3. The largest absolute Gasteiger partial charge is 0.368 e. The monoisotopic (exact) mass is 247 g/mol. The lowest BCUT2D eigenvalue weighted by atomic mass is 9.95. The lowest BCUT2D eigenvalue weighted by Crippen LogP contribution is -2.64. The molecule has 0 bridgehead atoms. The van der Waals surface area contributed by atoms with Crippen molar-refractivity contribution >= 4 is 5.69 Å². The van der Waals surface area contributed by atoms with Crippen molar-refractivity contribution in [3.8, 4) is 0 Å². The van der Waals surface area contributed by atoms with Gasteiger partial charge in [0.05, 0.1) is 0 Å². The average molecular weight is 247 g/mol. The third-order valence-electron chi connectivity index (χ3n) is 4.15. The summed E-state index contributed by atoms with van der Waals surface area (Å²) in [6.07, 6.45) is 0. The van der Waals surface area contributed by atoms with Crippen LogP contribution in [0, 0.1) is 6.92 Å². The van der Waals surface area contributed by atoms with E-state index in [1.165, 1.54) is 11.3 Å². The Balaban J connectivity index is 2.25. The fraction of sp³-hybridized carbons (Fsp3) is 0.600. The molecule has 18 heavy (non-hydrogen) atoms. The molecule has 1 unspecified atom stereocenters. The highest BCUT2D eigenvalue weighted by molar-refractivity contribution is 5.49. The Labute approximate surface area is 111 Å². The van der Waals surface area contributed by atoms with E-state index in [4.69, 9.17) is 5.73 Å². The fourth-order valence-electron chi connectivity index (χ4n) is 2.77. The van der Waals surface area contributed by atoms with Crippen molar-refractivity contribution in [3.63, 3.8) is 0 Å². The van der Waals surface area contributed by atoms with Crippen molar-refractivity contribution in [2.24, 2.45) is 5.73 Å². The van der Waals surface area contributed by atoms with Gasteiger partial charge in [0, 0.05) is 36.9 Å². The quantitative estimate of drug-likeness (QED) is 0.866. The Morgan fingerprint density at radius 1 is 1.39 bits per heavy atom. The Kier molecular flexibility index (Phi) is 3.64. The van der Waals surface area contributed by atoms with Crippen LogP contribution in [-0.4, -0.2) is 43.2 Å². The first-order valence-corrected chi connectivity index (χ1v) is 6.68. The number of nitrogens with two attached hydrogens (primary N) is 1. The second kappa shape index (κ2) is 4.90. The van der Waals surface area contributed by atoms with Gasteiger partial charge >= 0.3 is 0 Å². The summed E-state index contributed by atoms with van der Waals surface area (Å²) in [5.41, 5.74) is 8.70. The molecule has 1 aliphatic rings. The van der Waals surface area contributed by atoms with Crippen LogP contribution in [0.5, 0.6) is 0 Å². The smallest absolute Gasteiger partial charge is 0.0396 e. The van der Waals surface area contributed by atoms with Gasteiger partial charge in [0.1, 0.15) is 0 Å². The molecule has 2 rings (SSSR count). The first-order chi connectivity index (χ1) is 8.44. The maximum Gasteiger partial charge on any atom is 0.0396 e. The summed E-state index contributed by atoms with van der Waals surface area (Å²) >= 11 is 0. The van der Waals surface area contributed by atoms with Crippen LogP contribution in [0.3, 0.4) is 0 Å². The predicted molar refractivity (Wildman–Crippen MR) is 78.1 cm³/mol. The van der Waals surface area contributed by atoms with Crippen molar-refractivity contribution in [1.29, 1.82) is 0 Å². The number of piperazine rings is 1. The molecule has 0 saturated carbocycles. The van der Waals surface area contributed by atoms with Crippen molar-refractivity contribution in [1.82, 2.24) is 4.90 Å². The van der Waals surface area contributed by atoms with Gasteiger partial charge in [-0.05, 0) is 45.5 Å². The Morgan fingerprint density at radius 3 is 2.72 bits per heavy atom. The lowest BCUT2D eigenvalue weighted by Gasteiger charge is -2.50. The first-order valence-electron chi connectivity index (χ1n) is 6.68. The number of aryl methyl sites for hydroxylation is 1. The minimum atomic E-state index is 0.159. The number of anilines is 1. The van der Waals surface area contributed by atoms with Crippen LogP contribution >= 0.6 is 0 Å². The molecule has 3 heteroatoms. The van der Waals surface area contributed by atoms with E-state index in [1.807, 2.05) is 0 Å². The minimum absolute atomic E-state index is 0.159. The summed E-state index contributed by atoms with van der Waals surface area (Å²) in [4.78, 5) is 4.88. The van der Waals surface area contributed by atoms with Gasteiger partial charge in [0.2, 0.25) is 0 Å². The second-order valence-corrected chi connectivity index (χ2v) is 6.03. The zero-order chi connectivity index (χ0) is 13.3. The molecule has 1 saturated heterocycles. The molecule has 1 aliphatic heterocycles. The number of benzene rings is 1. The molecule has 0 amide bonds. The standard InChI is InChI=1S/C15H25N3/c1-12-6-5-7-13(8-12)18-10-14(9-16)17(4)15(2,3)11-18/h5-8,14H,9-11,16H2,1-4H3. The molecule has 0 aromatic heterocycles. The van der Waals surface area contributed by atoms with Gasteiger partial charge in [-0.3, -0.25) is 4.90 Å². The number of hydrogen-bond acceptors (Lipinski definition) is 3. The molecule has 100 valence electrons. The summed E-state index contributed by atoms with van der Waals surface area (Å²) in [7, 11) is 2.19. The number of rotatable bonds is 2. The van der Waals surface area contributed by atoms with E-state index in [2.05, 4.69) is 61.9 Å². The van der Waals surface area contributed by atoms with E-state index in [0.717, 1.165) is 13.1 Å². The summed E-state index contributed by atoms with van der Waals surface area (Å²) in [6.45, 7) is 9.49. The van der Waals surface area contributed by atoms with Gasteiger partial charge in [-0.15, -0.1) is 0 Å². The first kappa shape index (κ1) is 13.4. The molecule has 3 nitrogen and oxygen atoms in total. The topological polar surface area (TPSA) is 32.5 Å². The summed E-state index contributed by atoms with van der Waals surface area (Å²) in [6, 6.07) is 9.16. The molecule has 1 aromatic rings. The van der Waals surface area contributed by atoms with E-state index in [1.54, 1.807) is 0 Å². The second-order valence-electron chi connectivity index (χ2n) is 6.03. The van der Waals surface area contributed by atoms with Crippen molar-refractivity contribution < 1.29 is 0 Å². The van der Waals surface area contributed by atoms with Gasteiger partial charge in [-0.2, -0.15) is 0 Å². The Morgan fingerprint density at radius 2 is 2.11 bits per heavy atom. The van der Waals surface area contributed by atoms with Crippen LogP contribution in [0.15, 0.2) is 24.3 Å². The summed E-state index contributed by atoms with van der Waals surface area (Å²) in [5.74, 6) is 0. The van der Waals surface area contributed by atoms with E-state index in [0.29, 0.717) is 12.6 Å². The molecule has 1 heterocycles. The predicted octanol–water partition coefficient (Wildman–Crippen LogP) is 1.85. The van der Waals surface area contributed by atoms with Crippen LogP contribution < -0.4 is 10.6 Å². The maximum atomic E-state index is 5.92.